The zero-order valence-corrected chi connectivity index (χ0v) is 12.8. The molecule has 0 aliphatic rings. The van der Waals surface area contributed by atoms with Crippen molar-refractivity contribution in [3.63, 3.8) is 0 Å². The van der Waals surface area contributed by atoms with Crippen molar-refractivity contribution in [1.82, 2.24) is 10.3 Å². The highest BCUT2D eigenvalue weighted by Crippen LogP contribution is 2.18. The summed E-state index contributed by atoms with van der Waals surface area (Å²) in [7, 11) is 1.58. The van der Waals surface area contributed by atoms with E-state index in [2.05, 4.69) is 15.6 Å². The molecule has 112 valence electrons. The van der Waals surface area contributed by atoms with E-state index in [0.717, 1.165) is 5.56 Å². The van der Waals surface area contributed by atoms with Gasteiger partial charge in [-0.05, 0) is 36.5 Å². The maximum Gasteiger partial charge on any atom is 0.250 e. The number of hydrogen-bond donors (Lipinski definition) is 2. The van der Waals surface area contributed by atoms with Crippen molar-refractivity contribution in [3.05, 3.63) is 60.3 Å². The molecule has 22 heavy (non-hydrogen) atoms. The lowest BCUT2D eigenvalue weighted by Crippen LogP contribution is -2.33. The van der Waals surface area contributed by atoms with Crippen molar-refractivity contribution in [2.24, 2.45) is 0 Å². The number of amides is 1. The molecule has 0 spiro atoms. The van der Waals surface area contributed by atoms with E-state index in [4.69, 9.17) is 17.0 Å². The Balaban J connectivity index is 1.92. The second-order valence-corrected chi connectivity index (χ2v) is 4.64. The van der Waals surface area contributed by atoms with Crippen LogP contribution in [0.3, 0.4) is 0 Å². The van der Waals surface area contributed by atoms with Gasteiger partial charge in [-0.2, -0.15) is 0 Å². The molecule has 1 amide bonds. The first-order valence-electron chi connectivity index (χ1n) is 6.53. The monoisotopic (exact) mass is 313 g/mol. The van der Waals surface area contributed by atoms with Crippen LogP contribution in [0.5, 0.6) is 5.75 Å². The summed E-state index contributed by atoms with van der Waals surface area (Å²) in [5.74, 6) is 0.932. The van der Waals surface area contributed by atoms with E-state index in [1.165, 1.54) is 6.08 Å². The minimum atomic E-state index is -0.334. The van der Waals surface area contributed by atoms with Crippen molar-refractivity contribution in [2.75, 3.05) is 12.4 Å². The van der Waals surface area contributed by atoms with Gasteiger partial charge in [0.25, 0.3) is 0 Å². The summed E-state index contributed by atoms with van der Waals surface area (Å²) < 4.78 is 5.21. The summed E-state index contributed by atoms with van der Waals surface area (Å²) in [5, 5.41) is 5.56. The summed E-state index contributed by atoms with van der Waals surface area (Å²) in [5.41, 5.74) is 0.809. The van der Waals surface area contributed by atoms with Gasteiger partial charge in [0.2, 0.25) is 5.91 Å². The van der Waals surface area contributed by atoms with Crippen LogP contribution in [0, 0.1) is 0 Å². The molecule has 0 aliphatic carbocycles. The summed E-state index contributed by atoms with van der Waals surface area (Å²) in [6.45, 7) is 0. The molecule has 2 rings (SSSR count). The Morgan fingerprint density at radius 1 is 1.23 bits per heavy atom. The second kappa shape index (κ2) is 7.90. The predicted molar refractivity (Wildman–Crippen MR) is 90.6 cm³/mol. The lowest BCUT2D eigenvalue weighted by molar-refractivity contribution is -0.115. The van der Waals surface area contributed by atoms with Gasteiger partial charge in [-0.25, -0.2) is 4.98 Å². The number of benzene rings is 1. The van der Waals surface area contributed by atoms with Crippen LogP contribution in [0.15, 0.2) is 54.7 Å². The highest BCUT2D eigenvalue weighted by molar-refractivity contribution is 7.80. The standard InChI is InChI=1S/C16H15N3O2S/c1-21-13-7-3-2-6-12(13)9-10-15(20)19-16(22)18-14-8-4-5-11-17-14/h2-11H,1H3,(H2,17,18,19,20,22)/b10-9+. The number of aromatic nitrogens is 1. The van der Waals surface area contributed by atoms with Crippen molar-refractivity contribution in [1.29, 1.82) is 0 Å². The fourth-order valence-electron chi connectivity index (χ4n) is 1.71. The molecule has 0 aliphatic heterocycles. The minimum Gasteiger partial charge on any atom is -0.496 e. The number of carbonyl (C=O) groups is 1. The molecule has 6 heteroatoms. The van der Waals surface area contributed by atoms with Crippen LogP contribution in [-0.4, -0.2) is 23.1 Å². The molecule has 0 saturated heterocycles. The smallest absolute Gasteiger partial charge is 0.250 e. The van der Waals surface area contributed by atoms with Gasteiger partial charge in [0, 0.05) is 17.8 Å². The highest BCUT2D eigenvalue weighted by atomic mass is 32.1. The van der Waals surface area contributed by atoms with Crippen molar-refractivity contribution in [3.8, 4) is 5.75 Å². The number of nitrogens with zero attached hydrogens (tertiary/aromatic N) is 1. The van der Waals surface area contributed by atoms with Gasteiger partial charge in [-0.15, -0.1) is 0 Å². The van der Waals surface area contributed by atoms with Crippen molar-refractivity contribution < 1.29 is 9.53 Å². The number of anilines is 1. The van der Waals surface area contributed by atoms with Crippen LogP contribution in [0.4, 0.5) is 5.82 Å². The van der Waals surface area contributed by atoms with Gasteiger partial charge >= 0.3 is 0 Å². The van der Waals surface area contributed by atoms with Crippen LogP contribution in [0.1, 0.15) is 5.56 Å². The van der Waals surface area contributed by atoms with Crippen molar-refractivity contribution in [2.45, 2.75) is 0 Å². The third kappa shape index (κ3) is 4.68. The van der Waals surface area contributed by atoms with Gasteiger partial charge in [0.05, 0.1) is 7.11 Å². The van der Waals surface area contributed by atoms with Crippen LogP contribution in [0.2, 0.25) is 0 Å². The number of nitrogens with one attached hydrogen (secondary N) is 2. The Kier molecular flexibility index (Phi) is 5.62. The van der Waals surface area contributed by atoms with Crippen LogP contribution >= 0.6 is 12.2 Å². The van der Waals surface area contributed by atoms with Gasteiger partial charge in [-0.1, -0.05) is 24.3 Å². The molecule has 0 saturated carbocycles. The number of hydrogen-bond acceptors (Lipinski definition) is 4. The fraction of sp³-hybridized carbons (Fsp3) is 0.0625. The lowest BCUT2D eigenvalue weighted by Gasteiger charge is -2.07. The Hall–Kier alpha value is -2.73. The molecule has 0 radical (unpaired) electrons. The topological polar surface area (TPSA) is 63.2 Å². The summed E-state index contributed by atoms with van der Waals surface area (Å²) in [6.07, 6.45) is 4.69. The van der Waals surface area contributed by atoms with Crippen LogP contribution in [0.25, 0.3) is 6.08 Å². The zero-order valence-electron chi connectivity index (χ0n) is 11.9. The number of rotatable bonds is 4. The molecule has 1 aromatic carbocycles. The van der Waals surface area contributed by atoms with E-state index in [0.29, 0.717) is 11.6 Å². The Morgan fingerprint density at radius 3 is 2.73 bits per heavy atom. The van der Waals surface area contributed by atoms with E-state index in [1.54, 1.807) is 31.5 Å². The van der Waals surface area contributed by atoms with Crippen LogP contribution in [-0.2, 0) is 4.79 Å². The fourth-order valence-corrected chi connectivity index (χ4v) is 1.91. The molecule has 0 bridgehead atoms. The molecule has 0 unspecified atom stereocenters. The SMILES string of the molecule is COc1ccccc1/C=C/C(=O)NC(=S)Nc1ccccn1. The Labute approximate surface area is 134 Å². The average molecular weight is 313 g/mol. The van der Waals surface area contributed by atoms with E-state index in [-0.39, 0.29) is 11.0 Å². The molecule has 2 aromatic rings. The number of ether oxygens (including phenoxy) is 1. The number of carbonyl (C=O) groups excluding carboxylic acids is 1. The zero-order chi connectivity index (χ0) is 15.8. The Bertz CT molecular complexity index is 687. The molecule has 1 aromatic heterocycles. The summed E-state index contributed by atoms with van der Waals surface area (Å²) in [4.78, 5) is 15.9. The molecule has 0 fully saturated rings. The summed E-state index contributed by atoms with van der Waals surface area (Å²) in [6, 6.07) is 12.8. The highest BCUT2D eigenvalue weighted by Gasteiger charge is 2.03. The molecule has 2 N–H and O–H groups in total. The lowest BCUT2D eigenvalue weighted by atomic mass is 10.2. The van der Waals surface area contributed by atoms with Gasteiger partial charge in [0.1, 0.15) is 11.6 Å². The first-order chi connectivity index (χ1) is 10.7. The maximum atomic E-state index is 11.8. The summed E-state index contributed by atoms with van der Waals surface area (Å²) >= 11 is 5.05. The Morgan fingerprint density at radius 2 is 2.00 bits per heavy atom. The molecule has 0 atom stereocenters. The largest absolute Gasteiger partial charge is 0.496 e. The quantitative estimate of drug-likeness (QED) is 0.671. The first kappa shape index (κ1) is 15.7. The normalized spacial score (nSPS) is 10.2. The molecule has 5 nitrogen and oxygen atoms in total. The van der Waals surface area contributed by atoms with E-state index >= 15 is 0 Å². The number of para-hydroxylation sites is 1. The molecular weight excluding hydrogens is 298 g/mol. The molecule has 1 heterocycles. The van der Waals surface area contributed by atoms with E-state index in [1.807, 2.05) is 30.3 Å². The predicted octanol–water partition coefficient (Wildman–Crippen LogP) is 2.62. The minimum absolute atomic E-state index is 0.188. The molecular formula is C16H15N3O2S. The number of methoxy groups -OCH3 is 1. The van der Waals surface area contributed by atoms with Crippen LogP contribution < -0.4 is 15.4 Å². The van der Waals surface area contributed by atoms with E-state index in [9.17, 15) is 4.79 Å². The third-order valence-corrected chi connectivity index (χ3v) is 2.90. The number of thiocarbonyl (C=S) groups is 1. The maximum absolute atomic E-state index is 11.8. The second-order valence-electron chi connectivity index (χ2n) is 4.23. The average Bonchev–Trinajstić information content (AvgIpc) is 2.54. The van der Waals surface area contributed by atoms with Gasteiger partial charge < -0.3 is 10.1 Å². The van der Waals surface area contributed by atoms with Crippen molar-refractivity contribution >= 4 is 35.1 Å². The van der Waals surface area contributed by atoms with E-state index < -0.39 is 0 Å². The first-order valence-corrected chi connectivity index (χ1v) is 6.94. The van der Waals surface area contributed by atoms with Gasteiger partial charge in [0.15, 0.2) is 5.11 Å². The van der Waals surface area contributed by atoms with Gasteiger partial charge in [-0.3, -0.25) is 10.1 Å². The number of pyridine rings is 1. The third-order valence-electron chi connectivity index (χ3n) is 2.70.